The van der Waals surface area contributed by atoms with E-state index in [1.165, 1.54) is 13.8 Å². The van der Waals surface area contributed by atoms with Crippen LogP contribution in [0.25, 0.3) is 0 Å². The average molecular weight is 352 g/mol. The molecule has 0 saturated heterocycles. The molecule has 0 rings (SSSR count). The first kappa shape index (κ1) is 24.9. The van der Waals surface area contributed by atoms with E-state index < -0.39 is 23.1 Å². The van der Waals surface area contributed by atoms with Crippen LogP contribution in [0.4, 0.5) is 4.79 Å². The van der Waals surface area contributed by atoms with Crippen molar-refractivity contribution in [1.82, 2.24) is 0 Å². The predicted molar refractivity (Wildman–Crippen MR) is 86.9 cm³/mol. The molecule has 8 heteroatoms. The highest BCUT2D eigenvalue weighted by Crippen LogP contribution is 2.17. The lowest BCUT2D eigenvalue weighted by molar-refractivity contribution is -0.440. The molecule has 144 valence electrons. The zero-order valence-corrected chi connectivity index (χ0v) is 16.4. The average Bonchev–Trinajstić information content (AvgIpc) is 2.31. The molecule has 0 amide bonds. The van der Waals surface area contributed by atoms with Crippen LogP contribution in [0.3, 0.4) is 0 Å². The zero-order chi connectivity index (χ0) is 19.8. The molecular weight excluding hydrogens is 320 g/mol. The van der Waals surface area contributed by atoms with Crippen molar-refractivity contribution in [3.05, 3.63) is 0 Å². The fraction of sp³-hybridized carbons (Fsp3) is 0.875. The van der Waals surface area contributed by atoms with Gasteiger partial charge in [-0.15, -0.1) is 0 Å². The van der Waals surface area contributed by atoms with Crippen molar-refractivity contribution < 1.29 is 39.0 Å². The van der Waals surface area contributed by atoms with Gasteiger partial charge in [0.1, 0.15) is 5.60 Å². The van der Waals surface area contributed by atoms with Gasteiger partial charge in [0.05, 0.1) is 11.5 Å². The summed E-state index contributed by atoms with van der Waals surface area (Å²) in [5.41, 5.74) is -0.927. The highest BCUT2D eigenvalue weighted by Gasteiger charge is 2.27. The lowest BCUT2D eigenvalue weighted by Gasteiger charge is -2.26. The van der Waals surface area contributed by atoms with Crippen LogP contribution < -0.4 is 0 Å². The summed E-state index contributed by atoms with van der Waals surface area (Å²) in [6, 6.07) is 0. The second kappa shape index (κ2) is 9.80. The first-order valence-corrected chi connectivity index (χ1v) is 7.63. The van der Waals surface area contributed by atoms with Crippen molar-refractivity contribution in [3.63, 3.8) is 0 Å². The van der Waals surface area contributed by atoms with Gasteiger partial charge in [0, 0.05) is 13.8 Å². The lowest BCUT2D eigenvalue weighted by Crippen LogP contribution is -2.34. The first-order valence-electron chi connectivity index (χ1n) is 7.63. The second-order valence-electron chi connectivity index (χ2n) is 7.80. The maximum Gasteiger partial charge on any atom is 0.508 e. The van der Waals surface area contributed by atoms with Crippen molar-refractivity contribution in [1.29, 1.82) is 0 Å². The van der Waals surface area contributed by atoms with E-state index in [0.29, 0.717) is 0 Å². The van der Waals surface area contributed by atoms with Crippen molar-refractivity contribution in [3.8, 4) is 0 Å². The molecule has 0 fully saturated rings. The van der Waals surface area contributed by atoms with Gasteiger partial charge in [0.15, 0.2) is 0 Å². The van der Waals surface area contributed by atoms with E-state index in [9.17, 15) is 9.59 Å². The molecule has 0 radical (unpaired) electrons. The van der Waals surface area contributed by atoms with Crippen LogP contribution in [-0.2, 0) is 29.1 Å². The van der Waals surface area contributed by atoms with Gasteiger partial charge in [-0.25, -0.2) is 14.5 Å². The lowest BCUT2D eigenvalue weighted by atomic mass is 10.2. The van der Waals surface area contributed by atoms with Crippen LogP contribution >= 0.6 is 0 Å². The molecule has 0 aliphatic carbocycles. The van der Waals surface area contributed by atoms with E-state index in [0.717, 1.165) is 0 Å². The van der Waals surface area contributed by atoms with Crippen LogP contribution in [0.5, 0.6) is 0 Å². The Bertz CT molecular complexity index is 388. The Morgan fingerprint density at radius 3 is 1.50 bits per heavy atom. The van der Waals surface area contributed by atoms with E-state index >= 15 is 0 Å². The third-order valence-electron chi connectivity index (χ3n) is 1.67. The molecule has 0 saturated carbocycles. The van der Waals surface area contributed by atoms with Crippen molar-refractivity contribution in [2.75, 3.05) is 0 Å². The highest BCUT2D eigenvalue weighted by atomic mass is 17.2. The number of carbonyl (C=O) groups excluding carboxylic acids is 1. The van der Waals surface area contributed by atoms with Gasteiger partial charge in [-0.3, -0.25) is 4.89 Å². The van der Waals surface area contributed by atoms with Crippen molar-refractivity contribution in [2.45, 2.75) is 86.2 Å². The molecule has 0 aliphatic rings. The third kappa shape index (κ3) is 18.7. The molecule has 0 spiro atoms. The third-order valence-corrected chi connectivity index (χ3v) is 1.67. The summed E-state index contributed by atoms with van der Waals surface area (Å²) >= 11 is 0. The number of carboxylic acid groups (broad SMARTS) is 1. The summed E-state index contributed by atoms with van der Waals surface area (Å²) in [4.78, 5) is 40.1. The quantitative estimate of drug-likeness (QED) is 0.342. The Morgan fingerprint density at radius 2 is 1.21 bits per heavy atom. The molecule has 8 nitrogen and oxygen atoms in total. The monoisotopic (exact) mass is 352 g/mol. The number of hydrogen-bond donors (Lipinski definition) is 1. The minimum absolute atomic E-state index is 0.141. The second-order valence-corrected chi connectivity index (χ2v) is 7.80. The largest absolute Gasteiger partial charge is 0.508 e. The Balaban J connectivity index is 0. The Hall–Kier alpha value is -1.38. The normalized spacial score (nSPS) is 12.3. The van der Waals surface area contributed by atoms with Gasteiger partial charge in [-0.1, -0.05) is 13.8 Å². The number of hydrogen-bond acceptors (Lipinski definition) is 7. The summed E-state index contributed by atoms with van der Waals surface area (Å²) < 4.78 is 4.40. The standard InChI is InChI=1S/C8H16O5.C8H16O3/c1-7(2,3)12-13-8(4,5)11-6(9)10;1-6(2)7(9)10-11-8(3,4)5/h1-5H3,(H,9,10);6H,1-5H3. The molecule has 0 heterocycles. The summed E-state index contributed by atoms with van der Waals surface area (Å²) in [6.45, 7) is 17.2. The van der Waals surface area contributed by atoms with Crippen molar-refractivity contribution in [2.24, 2.45) is 5.92 Å². The fourth-order valence-electron chi connectivity index (χ4n) is 0.715. The zero-order valence-electron chi connectivity index (χ0n) is 16.4. The first-order chi connectivity index (χ1) is 10.5. The SMILES string of the molecule is CC(C)(C)OOC(C)(C)OC(=O)O.CC(C)C(=O)OOC(C)(C)C. The molecule has 0 atom stereocenters. The molecule has 24 heavy (non-hydrogen) atoms. The Kier molecular flexibility index (Phi) is 10.2. The fourth-order valence-corrected chi connectivity index (χ4v) is 0.715. The molecule has 1 N–H and O–H groups in total. The summed E-state index contributed by atoms with van der Waals surface area (Å²) in [7, 11) is 0. The van der Waals surface area contributed by atoms with Crippen molar-refractivity contribution >= 4 is 12.1 Å². The van der Waals surface area contributed by atoms with Gasteiger partial charge in [-0.2, -0.15) is 9.78 Å². The van der Waals surface area contributed by atoms with Gasteiger partial charge in [-0.05, 0) is 41.5 Å². The molecule has 0 aromatic rings. The van der Waals surface area contributed by atoms with Crippen LogP contribution in [0.15, 0.2) is 0 Å². The molecule has 0 bridgehead atoms. The summed E-state index contributed by atoms with van der Waals surface area (Å²) in [5, 5.41) is 8.32. The molecule has 0 aromatic carbocycles. The Morgan fingerprint density at radius 1 is 0.792 bits per heavy atom. The van der Waals surface area contributed by atoms with Gasteiger partial charge < -0.3 is 9.84 Å². The van der Waals surface area contributed by atoms with Crippen LogP contribution in [0, 0.1) is 5.92 Å². The minimum Gasteiger partial charge on any atom is -0.450 e. The Labute approximate surface area is 144 Å². The van der Waals surface area contributed by atoms with Crippen LogP contribution in [0.2, 0.25) is 0 Å². The maximum absolute atomic E-state index is 10.8. The van der Waals surface area contributed by atoms with E-state index in [1.54, 1.807) is 34.6 Å². The number of rotatable bonds is 5. The van der Waals surface area contributed by atoms with Gasteiger partial charge in [0.2, 0.25) is 5.79 Å². The molecule has 0 unspecified atom stereocenters. The molecular formula is C16H32O8. The smallest absolute Gasteiger partial charge is 0.450 e. The highest BCUT2D eigenvalue weighted by molar-refractivity contribution is 5.70. The van der Waals surface area contributed by atoms with E-state index in [2.05, 4.69) is 9.62 Å². The van der Waals surface area contributed by atoms with Crippen LogP contribution in [-0.4, -0.2) is 34.2 Å². The van der Waals surface area contributed by atoms with Crippen LogP contribution in [0.1, 0.15) is 69.2 Å². The van der Waals surface area contributed by atoms with E-state index in [1.807, 2.05) is 20.8 Å². The molecule has 0 aliphatic heterocycles. The number of ether oxygens (including phenoxy) is 1. The topological polar surface area (TPSA) is 101 Å². The predicted octanol–water partition coefficient (Wildman–Crippen LogP) is 4.08. The summed E-state index contributed by atoms with van der Waals surface area (Å²) in [6.07, 6.45) is -1.40. The number of carbonyl (C=O) groups is 2. The maximum atomic E-state index is 10.8. The minimum atomic E-state index is -1.40. The van der Waals surface area contributed by atoms with E-state index in [-0.39, 0.29) is 11.9 Å². The molecule has 0 aromatic heterocycles. The van der Waals surface area contributed by atoms with Gasteiger partial charge >= 0.3 is 12.1 Å². The summed E-state index contributed by atoms with van der Waals surface area (Å²) in [5.74, 6) is -1.77. The van der Waals surface area contributed by atoms with E-state index in [4.69, 9.17) is 19.8 Å². The van der Waals surface area contributed by atoms with Gasteiger partial charge in [0.25, 0.3) is 0 Å².